The summed E-state index contributed by atoms with van der Waals surface area (Å²) in [6.07, 6.45) is -2.33. The normalized spacial score (nSPS) is 4.00. The summed E-state index contributed by atoms with van der Waals surface area (Å²) in [6, 6.07) is 0. The van der Waals surface area contributed by atoms with E-state index in [9.17, 15) is 0 Å². The molecule has 0 aromatic rings. The maximum atomic E-state index is 8.33. The summed E-state index contributed by atoms with van der Waals surface area (Å²) in [5, 5.41) is 16.7. The van der Waals surface area contributed by atoms with E-state index in [2.05, 4.69) is 0 Å². The maximum absolute atomic E-state index is 8.33. The molecule has 0 spiro atoms. The third-order valence-corrected chi connectivity index (χ3v) is 0. The van der Waals surface area contributed by atoms with Crippen LogP contribution in [0.4, 0.5) is 4.79 Å². The molecule has 0 bridgehead atoms. The van der Waals surface area contributed by atoms with Gasteiger partial charge in [0.15, 0.2) is 0 Å². The van der Waals surface area contributed by atoms with Gasteiger partial charge in [0, 0.05) is 0 Å². The first kappa shape index (κ1) is 16.5. The number of rotatable bonds is 0. The van der Waals surface area contributed by atoms with E-state index in [0.717, 1.165) is 0 Å². The average molecular weight is 168 g/mol. The SMILES string of the molecule is N.O=C([O-])[O-].[Zr+2]. The molecule has 0 rings (SSSR count). The van der Waals surface area contributed by atoms with Crippen LogP contribution in [0.5, 0.6) is 0 Å². The van der Waals surface area contributed by atoms with Crippen molar-refractivity contribution in [2.24, 2.45) is 0 Å². The summed E-state index contributed by atoms with van der Waals surface area (Å²) in [4.78, 5) is 8.33. The van der Waals surface area contributed by atoms with Gasteiger partial charge in [-0.3, -0.25) is 0 Å². The molecule has 0 aliphatic carbocycles. The summed E-state index contributed by atoms with van der Waals surface area (Å²) in [7, 11) is 0. The van der Waals surface area contributed by atoms with E-state index in [1.54, 1.807) is 0 Å². The van der Waals surface area contributed by atoms with Gasteiger partial charge in [-0.15, -0.1) is 0 Å². The van der Waals surface area contributed by atoms with Crippen LogP contribution < -0.4 is 16.4 Å². The fourth-order valence-electron chi connectivity index (χ4n) is 0. The summed E-state index contributed by atoms with van der Waals surface area (Å²) < 4.78 is 0. The van der Waals surface area contributed by atoms with Crippen LogP contribution in [0.1, 0.15) is 0 Å². The Morgan fingerprint density at radius 1 is 1.33 bits per heavy atom. The molecule has 0 heterocycles. The summed E-state index contributed by atoms with van der Waals surface area (Å²) >= 11 is 0. The predicted molar refractivity (Wildman–Crippen MR) is 10.4 cm³/mol. The second-order valence-electron chi connectivity index (χ2n) is 0.250. The summed E-state index contributed by atoms with van der Waals surface area (Å²) in [6.45, 7) is 0. The smallest absolute Gasteiger partial charge is 0.652 e. The molecular formula is CH3NO3Zr. The predicted octanol–water partition coefficient (Wildman–Crippen LogP) is -2.29. The molecule has 0 fully saturated rings. The largest absolute Gasteiger partial charge is 2.00 e. The molecule has 4 nitrogen and oxygen atoms in total. The van der Waals surface area contributed by atoms with E-state index in [0.29, 0.717) is 0 Å². The maximum Gasteiger partial charge on any atom is 2.00 e. The third kappa shape index (κ3) is 3120. The molecule has 0 aliphatic heterocycles. The van der Waals surface area contributed by atoms with Crippen molar-refractivity contribution in [1.82, 2.24) is 6.15 Å². The molecule has 3 N–H and O–H groups in total. The van der Waals surface area contributed by atoms with Gasteiger partial charge in [0.25, 0.3) is 0 Å². The van der Waals surface area contributed by atoms with Crippen molar-refractivity contribution in [2.45, 2.75) is 0 Å². The van der Waals surface area contributed by atoms with Crippen molar-refractivity contribution in [3.8, 4) is 0 Å². The van der Waals surface area contributed by atoms with Crippen LogP contribution in [-0.2, 0) is 26.2 Å². The van der Waals surface area contributed by atoms with Crippen LogP contribution in [0.3, 0.4) is 0 Å². The zero-order valence-corrected chi connectivity index (χ0v) is 5.39. The number of hydrogen-bond donors (Lipinski definition) is 1. The molecule has 0 atom stereocenters. The Balaban J connectivity index is -0.0000000450. The van der Waals surface area contributed by atoms with Crippen LogP contribution >= 0.6 is 0 Å². The molecule has 5 heteroatoms. The van der Waals surface area contributed by atoms with Crippen LogP contribution in [0.15, 0.2) is 0 Å². The number of carboxylic acid groups (broad SMARTS) is 2. The number of carbonyl (C=O) groups excluding carboxylic acids is 1. The third-order valence-electron chi connectivity index (χ3n) is 0. The molecule has 0 saturated carbocycles. The van der Waals surface area contributed by atoms with Gasteiger partial charge in [0.2, 0.25) is 0 Å². The number of carbonyl (C=O) groups is 1. The van der Waals surface area contributed by atoms with E-state index < -0.39 is 6.16 Å². The Hall–Kier alpha value is 0.113. The van der Waals surface area contributed by atoms with E-state index in [4.69, 9.17) is 15.0 Å². The zero-order chi connectivity index (χ0) is 3.58. The first-order valence-corrected chi connectivity index (χ1v) is 0.612. The van der Waals surface area contributed by atoms with Crippen LogP contribution in [0, 0.1) is 0 Å². The van der Waals surface area contributed by atoms with Crippen LogP contribution in [-0.4, -0.2) is 6.16 Å². The Bertz CT molecular complexity index is 33.8. The molecule has 0 aromatic carbocycles. The summed E-state index contributed by atoms with van der Waals surface area (Å²) in [5.41, 5.74) is 0. The van der Waals surface area contributed by atoms with Gasteiger partial charge in [0.1, 0.15) is 0 Å². The standard InChI is InChI=1S/CH2O3.H3N.Zr/c2-1(3)4;;/h(H2,2,3,4);1H3;/q;;+2/p-2. The van der Waals surface area contributed by atoms with E-state index in [1.165, 1.54) is 0 Å². The molecule has 34 valence electrons. The Morgan fingerprint density at radius 3 is 1.33 bits per heavy atom. The molecule has 0 aromatic heterocycles. The average Bonchev–Trinajstić information content (AvgIpc) is 0.811. The van der Waals surface area contributed by atoms with Gasteiger partial charge in [-0.25, -0.2) is 0 Å². The van der Waals surface area contributed by atoms with Gasteiger partial charge in [-0.2, -0.15) is 0 Å². The number of hydrogen-bond acceptors (Lipinski definition) is 4. The molecule has 0 unspecified atom stereocenters. The monoisotopic (exact) mass is 167 g/mol. The molecule has 6 heavy (non-hydrogen) atoms. The Labute approximate surface area is 53.9 Å². The van der Waals surface area contributed by atoms with Gasteiger partial charge < -0.3 is 21.2 Å². The van der Waals surface area contributed by atoms with Gasteiger partial charge >= 0.3 is 26.2 Å². The molecule has 0 saturated heterocycles. The molecule has 0 aliphatic rings. The van der Waals surface area contributed by atoms with Gasteiger partial charge in [0.05, 0.1) is 0 Å². The first-order valence-electron chi connectivity index (χ1n) is 0.612. The second kappa shape index (κ2) is 8.93. The molecule has 0 amide bonds. The fraction of sp³-hybridized carbons (Fsp3) is 0. The van der Waals surface area contributed by atoms with Crippen LogP contribution in [0.2, 0.25) is 0 Å². The fourth-order valence-corrected chi connectivity index (χ4v) is 0. The Morgan fingerprint density at radius 2 is 1.33 bits per heavy atom. The molecular weight excluding hydrogens is 165 g/mol. The van der Waals surface area contributed by atoms with E-state index in [-0.39, 0.29) is 32.4 Å². The topological polar surface area (TPSA) is 98.2 Å². The van der Waals surface area contributed by atoms with E-state index in [1.807, 2.05) is 0 Å². The van der Waals surface area contributed by atoms with Crippen molar-refractivity contribution in [2.75, 3.05) is 0 Å². The van der Waals surface area contributed by atoms with Crippen molar-refractivity contribution < 1.29 is 41.2 Å². The molecule has 0 radical (unpaired) electrons. The van der Waals surface area contributed by atoms with Crippen molar-refractivity contribution in [3.63, 3.8) is 0 Å². The Kier molecular flexibility index (Phi) is 24.5. The first-order chi connectivity index (χ1) is 1.73. The minimum absolute atomic E-state index is 0. The quantitative estimate of drug-likeness (QED) is 0.440. The second-order valence-corrected chi connectivity index (χ2v) is 0.250. The van der Waals surface area contributed by atoms with Gasteiger partial charge in [-0.05, 0) is 6.16 Å². The summed E-state index contributed by atoms with van der Waals surface area (Å²) in [5.74, 6) is 0. The van der Waals surface area contributed by atoms with Crippen molar-refractivity contribution in [3.05, 3.63) is 0 Å². The van der Waals surface area contributed by atoms with Crippen molar-refractivity contribution >= 4 is 6.16 Å². The minimum Gasteiger partial charge on any atom is -0.652 e. The van der Waals surface area contributed by atoms with E-state index >= 15 is 0 Å². The van der Waals surface area contributed by atoms with Gasteiger partial charge in [-0.1, -0.05) is 0 Å². The zero-order valence-electron chi connectivity index (χ0n) is 2.93. The van der Waals surface area contributed by atoms with Crippen LogP contribution in [0.25, 0.3) is 0 Å². The minimum atomic E-state index is -2.33. The van der Waals surface area contributed by atoms with Crippen molar-refractivity contribution in [1.29, 1.82) is 0 Å².